The van der Waals surface area contributed by atoms with Crippen LogP contribution in [0.1, 0.15) is 18.5 Å². The summed E-state index contributed by atoms with van der Waals surface area (Å²) in [5, 5.41) is 3.37. The molecule has 100 valence electrons. The number of anilines is 1. The summed E-state index contributed by atoms with van der Waals surface area (Å²) < 4.78 is 22.6. The molecule has 0 aliphatic rings. The number of benzene rings is 1. The molecule has 19 heavy (non-hydrogen) atoms. The van der Waals surface area contributed by atoms with E-state index in [4.69, 9.17) is 0 Å². The summed E-state index contributed by atoms with van der Waals surface area (Å²) in [4.78, 5) is 3.95. The van der Waals surface area contributed by atoms with Crippen LogP contribution in [0.25, 0.3) is 0 Å². The maximum Gasteiger partial charge on any atom is 0.192 e. The molecule has 1 aromatic heterocycles. The predicted molar refractivity (Wildman–Crippen MR) is 75.8 cm³/mol. The average Bonchev–Trinajstić information content (AvgIpc) is 2.39. The molecule has 5 heteroatoms. The second-order valence-electron chi connectivity index (χ2n) is 4.43. The van der Waals surface area contributed by atoms with Crippen molar-refractivity contribution in [2.75, 3.05) is 11.6 Å². The number of hydrogen-bond acceptors (Lipinski definition) is 4. The van der Waals surface area contributed by atoms with Gasteiger partial charge in [0.1, 0.15) is 0 Å². The maximum atomic E-state index is 11.3. The fourth-order valence-corrected chi connectivity index (χ4v) is 2.32. The van der Waals surface area contributed by atoms with Gasteiger partial charge in [-0.25, -0.2) is 13.4 Å². The van der Waals surface area contributed by atoms with Gasteiger partial charge in [0.2, 0.25) is 0 Å². The Bertz CT molecular complexity index is 637. The lowest BCUT2D eigenvalue weighted by Gasteiger charge is -2.15. The van der Waals surface area contributed by atoms with Crippen molar-refractivity contribution in [1.29, 1.82) is 0 Å². The number of hydrogen-bond donors (Lipinski definition) is 1. The van der Waals surface area contributed by atoms with Gasteiger partial charge in [-0.05, 0) is 24.6 Å². The highest BCUT2D eigenvalue weighted by atomic mass is 32.2. The molecule has 1 atom stereocenters. The van der Waals surface area contributed by atoms with Gasteiger partial charge in [0.25, 0.3) is 0 Å². The number of aromatic nitrogens is 1. The van der Waals surface area contributed by atoms with E-state index in [1.54, 1.807) is 6.07 Å². The molecular formula is C14H16N2O2S. The first-order chi connectivity index (χ1) is 8.97. The molecular weight excluding hydrogens is 260 g/mol. The quantitative estimate of drug-likeness (QED) is 0.932. The number of nitrogens with one attached hydrogen (secondary N) is 1. The van der Waals surface area contributed by atoms with E-state index in [2.05, 4.69) is 10.3 Å². The highest BCUT2D eigenvalue weighted by Crippen LogP contribution is 2.19. The van der Waals surface area contributed by atoms with Gasteiger partial charge in [-0.2, -0.15) is 0 Å². The van der Waals surface area contributed by atoms with Crippen molar-refractivity contribution in [2.45, 2.75) is 18.0 Å². The Kier molecular flexibility index (Phi) is 3.85. The Balaban J connectivity index is 2.12. The van der Waals surface area contributed by atoms with Crippen LogP contribution in [0.2, 0.25) is 0 Å². The highest BCUT2D eigenvalue weighted by molar-refractivity contribution is 7.90. The summed E-state index contributed by atoms with van der Waals surface area (Å²) in [6.07, 6.45) is 2.69. The molecule has 0 saturated heterocycles. The number of sulfone groups is 1. The van der Waals surface area contributed by atoms with Crippen molar-refractivity contribution in [1.82, 2.24) is 4.98 Å². The van der Waals surface area contributed by atoms with Crippen LogP contribution in [0, 0.1) is 0 Å². The maximum absolute atomic E-state index is 11.3. The third kappa shape index (κ3) is 3.54. The van der Waals surface area contributed by atoms with Crippen LogP contribution >= 0.6 is 0 Å². The molecule has 0 spiro atoms. The Hall–Kier alpha value is -1.88. The van der Waals surface area contributed by atoms with Gasteiger partial charge in [-0.1, -0.05) is 30.3 Å². The van der Waals surface area contributed by atoms with E-state index < -0.39 is 9.84 Å². The van der Waals surface area contributed by atoms with Gasteiger partial charge in [-0.3, -0.25) is 0 Å². The second kappa shape index (κ2) is 5.40. The fourth-order valence-electron chi connectivity index (χ4n) is 1.76. The molecule has 0 fully saturated rings. The first-order valence-electron chi connectivity index (χ1n) is 5.94. The molecule has 0 radical (unpaired) electrons. The summed E-state index contributed by atoms with van der Waals surface area (Å²) >= 11 is 0. The van der Waals surface area contributed by atoms with Gasteiger partial charge in [-0.15, -0.1) is 0 Å². The first kappa shape index (κ1) is 13.5. The molecule has 2 rings (SSSR count). The van der Waals surface area contributed by atoms with Crippen LogP contribution in [-0.2, 0) is 9.84 Å². The Morgan fingerprint density at radius 2 is 1.79 bits per heavy atom. The van der Waals surface area contributed by atoms with Crippen molar-refractivity contribution in [2.24, 2.45) is 0 Å². The van der Waals surface area contributed by atoms with E-state index in [0.29, 0.717) is 0 Å². The monoisotopic (exact) mass is 276 g/mol. The zero-order valence-corrected chi connectivity index (χ0v) is 11.7. The van der Waals surface area contributed by atoms with Gasteiger partial charge >= 0.3 is 0 Å². The van der Waals surface area contributed by atoms with E-state index in [1.165, 1.54) is 12.3 Å². The minimum absolute atomic E-state index is 0.0883. The Labute approximate surface area is 113 Å². The summed E-state index contributed by atoms with van der Waals surface area (Å²) in [7, 11) is -3.24. The molecule has 0 aliphatic heterocycles. The van der Waals surface area contributed by atoms with Crippen molar-refractivity contribution in [3.8, 4) is 0 Å². The molecule has 1 aromatic carbocycles. The third-order valence-corrected chi connectivity index (χ3v) is 3.80. The van der Waals surface area contributed by atoms with Crippen LogP contribution < -0.4 is 5.32 Å². The van der Waals surface area contributed by atoms with Gasteiger partial charge in [0.15, 0.2) is 14.9 Å². The van der Waals surface area contributed by atoms with Crippen LogP contribution in [0.4, 0.5) is 5.69 Å². The van der Waals surface area contributed by atoms with Gasteiger partial charge in [0.05, 0.1) is 11.9 Å². The fraction of sp³-hybridized carbons (Fsp3) is 0.214. The molecule has 0 saturated carbocycles. The average molecular weight is 276 g/mol. The van der Waals surface area contributed by atoms with Gasteiger partial charge < -0.3 is 5.32 Å². The van der Waals surface area contributed by atoms with E-state index >= 15 is 0 Å². The summed E-state index contributed by atoms with van der Waals surface area (Å²) in [5.74, 6) is 0. The van der Waals surface area contributed by atoms with Crippen LogP contribution in [0.15, 0.2) is 53.7 Å². The number of rotatable bonds is 4. The minimum atomic E-state index is -3.24. The smallest absolute Gasteiger partial charge is 0.192 e. The van der Waals surface area contributed by atoms with E-state index in [0.717, 1.165) is 17.5 Å². The number of nitrogens with zero attached hydrogens (tertiary/aromatic N) is 1. The second-order valence-corrected chi connectivity index (χ2v) is 6.40. The summed E-state index contributed by atoms with van der Waals surface area (Å²) in [6, 6.07) is 13.4. The lowest BCUT2D eigenvalue weighted by Crippen LogP contribution is -2.07. The molecule has 0 bridgehead atoms. The van der Waals surface area contributed by atoms with Crippen molar-refractivity contribution < 1.29 is 8.42 Å². The molecule has 1 heterocycles. The van der Waals surface area contributed by atoms with Crippen molar-refractivity contribution >= 4 is 15.5 Å². The van der Waals surface area contributed by atoms with E-state index in [-0.39, 0.29) is 11.1 Å². The summed E-state index contributed by atoms with van der Waals surface area (Å²) in [6.45, 7) is 2.04. The highest BCUT2D eigenvalue weighted by Gasteiger charge is 2.09. The lowest BCUT2D eigenvalue weighted by molar-refractivity contribution is 0.598. The number of pyridine rings is 1. The standard InChI is InChI=1S/C14H16N2O2S/c1-11(12-6-4-3-5-7-12)16-13-8-9-14(15-10-13)19(2,17)18/h3-11,16H,1-2H3. The van der Waals surface area contributed by atoms with Crippen LogP contribution in [0.5, 0.6) is 0 Å². The van der Waals surface area contributed by atoms with Crippen molar-refractivity contribution in [3.05, 3.63) is 54.2 Å². The molecule has 1 unspecified atom stereocenters. The predicted octanol–water partition coefficient (Wildman–Crippen LogP) is 2.66. The van der Waals surface area contributed by atoms with Crippen molar-refractivity contribution in [3.63, 3.8) is 0 Å². The largest absolute Gasteiger partial charge is 0.377 e. The first-order valence-corrected chi connectivity index (χ1v) is 7.83. The SMILES string of the molecule is CC(Nc1ccc(S(C)(=O)=O)nc1)c1ccccc1. The van der Waals surface area contributed by atoms with Crippen LogP contribution in [-0.4, -0.2) is 19.7 Å². The molecule has 4 nitrogen and oxygen atoms in total. The molecule has 0 amide bonds. The summed E-state index contributed by atoms with van der Waals surface area (Å²) in [5.41, 5.74) is 1.96. The normalized spacial score (nSPS) is 12.9. The topological polar surface area (TPSA) is 59.1 Å². The zero-order valence-electron chi connectivity index (χ0n) is 10.9. The van der Waals surface area contributed by atoms with E-state index in [9.17, 15) is 8.42 Å². The van der Waals surface area contributed by atoms with E-state index in [1.807, 2.05) is 37.3 Å². The molecule has 2 aromatic rings. The molecule has 1 N–H and O–H groups in total. The lowest BCUT2D eigenvalue weighted by atomic mass is 10.1. The Morgan fingerprint density at radius 1 is 1.11 bits per heavy atom. The molecule has 0 aliphatic carbocycles. The van der Waals surface area contributed by atoms with Crippen LogP contribution in [0.3, 0.4) is 0 Å². The minimum Gasteiger partial charge on any atom is -0.377 e. The third-order valence-electron chi connectivity index (χ3n) is 2.80. The van der Waals surface area contributed by atoms with Gasteiger partial charge in [0, 0.05) is 12.3 Å². The zero-order chi connectivity index (χ0) is 13.9. The Morgan fingerprint density at radius 3 is 2.32 bits per heavy atom.